The second-order valence-corrected chi connectivity index (χ2v) is 5.02. The lowest BCUT2D eigenvalue weighted by atomic mass is 10.1. The summed E-state index contributed by atoms with van der Waals surface area (Å²) in [7, 11) is 0. The molecule has 0 heterocycles. The molecule has 1 aliphatic carbocycles. The molecular weight excluding hydrogens is 274 g/mol. The van der Waals surface area contributed by atoms with Gasteiger partial charge in [0.2, 0.25) is 0 Å². The van der Waals surface area contributed by atoms with Gasteiger partial charge in [-0.15, -0.1) is 0 Å². The number of amides is 1. The highest BCUT2D eigenvalue weighted by molar-refractivity contribution is 5.94. The molecule has 0 spiro atoms. The van der Waals surface area contributed by atoms with Crippen molar-refractivity contribution in [1.82, 2.24) is 4.90 Å². The Labute approximate surface area is 122 Å². The Kier molecular flexibility index (Phi) is 4.57. The van der Waals surface area contributed by atoms with Crippen LogP contribution in [0.5, 0.6) is 5.75 Å². The number of benzene rings is 1. The summed E-state index contributed by atoms with van der Waals surface area (Å²) in [6.07, 6.45) is 1.66. The lowest BCUT2D eigenvalue weighted by Crippen LogP contribution is -2.40. The van der Waals surface area contributed by atoms with Gasteiger partial charge in [0.15, 0.2) is 12.4 Å². The predicted octanol–water partition coefficient (Wildman–Crippen LogP) is 1.34. The fourth-order valence-electron chi connectivity index (χ4n) is 1.99. The highest BCUT2D eigenvalue weighted by Crippen LogP contribution is 2.26. The molecule has 0 aliphatic heterocycles. The summed E-state index contributed by atoms with van der Waals surface area (Å²) in [5, 5.41) is 8.82. The fraction of sp³-hybridized carbons (Fsp3) is 0.400. The van der Waals surface area contributed by atoms with Gasteiger partial charge in [0.1, 0.15) is 12.3 Å². The Morgan fingerprint density at radius 2 is 2.05 bits per heavy atom. The van der Waals surface area contributed by atoms with E-state index in [4.69, 9.17) is 9.84 Å². The topological polar surface area (TPSA) is 83.9 Å². The van der Waals surface area contributed by atoms with Crippen LogP contribution in [0.25, 0.3) is 0 Å². The van der Waals surface area contributed by atoms with Gasteiger partial charge < -0.3 is 14.7 Å². The minimum absolute atomic E-state index is 0.0146. The highest BCUT2D eigenvalue weighted by Gasteiger charge is 2.33. The molecule has 2 rings (SSSR count). The number of carbonyl (C=O) groups is 3. The molecule has 1 fully saturated rings. The van der Waals surface area contributed by atoms with Crippen LogP contribution in [0.2, 0.25) is 0 Å². The molecule has 6 heteroatoms. The second kappa shape index (κ2) is 6.39. The van der Waals surface area contributed by atoms with E-state index >= 15 is 0 Å². The summed E-state index contributed by atoms with van der Waals surface area (Å²) in [6, 6.07) is 6.57. The maximum absolute atomic E-state index is 12.0. The van der Waals surface area contributed by atoms with Gasteiger partial charge in [0, 0.05) is 11.6 Å². The Balaban J connectivity index is 1.94. The number of aliphatic carboxylic acids is 1. The number of rotatable bonds is 7. The Morgan fingerprint density at radius 1 is 1.33 bits per heavy atom. The molecule has 1 aromatic carbocycles. The lowest BCUT2D eigenvalue weighted by molar-refractivity contribution is -0.145. The first-order valence-corrected chi connectivity index (χ1v) is 6.72. The zero-order chi connectivity index (χ0) is 15.4. The molecule has 0 bridgehead atoms. The Bertz CT molecular complexity index is 565. The maximum Gasteiger partial charge on any atom is 0.323 e. The molecular formula is C15H17NO5. The van der Waals surface area contributed by atoms with Crippen molar-refractivity contribution in [3.8, 4) is 5.75 Å². The summed E-state index contributed by atoms with van der Waals surface area (Å²) < 4.78 is 5.36. The van der Waals surface area contributed by atoms with Crippen LogP contribution in [0.4, 0.5) is 0 Å². The van der Waals surface area contributed by atoms with Gasteiger partial charge in [0.05, 0.1) is 0 Å². The SMILES string of the molecule is CC(=O)c1cccc(OCC(=O)N(CC(=O)O)C2CC2)c1. The first-order chi connectivity index (χ1) is 9.97. The first kappa shape index (κ1) is 15.0. The summed E-state index contributed by atoms with van der Waals surface area (Å²) in [5.74, 6) is -1.05. The summed E-state index contributed by atoms with van der Waals surface area (Å²) >= 11 is 0. The Hall–Kier alpha value is -2.37. The smallest absolute Gasteiger partial charge is 0.323 e. The molecule has 112 valence electrons. The number of carboxylic acids is 1. The van der Waals surface area contributed by atoms with Crippen LogP contribution < -0.4 is 4.74 Å². The van der Waals surface area contributed by atoms with E-state index in [2.05, 4.69) is 0 Å². The van der Waals surface area contributed by atoms with E-state index in [0.717, 1.165) is 12.8 Å². The molecule has 1 aromatic rings. The molecule has 0 unspecified atom stereocenters. The number of ether oxygens (including phenoxy) is 1. The third-order valence-corrected chi connectivity index (χ3v) is 3.22. The van der Waals surface area contributed by atoms with Crippen LogP contribution in [0.3, 0.4) is 0 Å². The number of nitrogens with zero attached hydrogens (tertiary/aromatic N) is 1. The van der Waals surface area contributed by atoms with Gasteiger partial charge in [0.25, 0.3) is 5.91 Å². The Morgan fingerprint density at radius 3 is 2.62 bits per heavy atom. The van der Waals surface area contributed by atoms with Crippen LogP contribution in [0.1, 0.15) is 30.1 Å². The van der Waals surface area contributed by atoms with Crippen molar-refractivity contribution in [1.29, 1.82) is 0 Å². The van der Waals surface area contributed by atoms with Gasteiger partial charge in [-0.1, -0.05) is 12.1 Å². The van der Waals surface area contributed by atoms with Crippen LogP contribution in [-0.4, -0.2) is 46.9 Å². The van der Waals surface area contributed by atoms with Crippen LogP contribution >= 0.6 is 0 Å². The highest BCUT2D eigenvalue weighted by atomic mass is 16.5. The third kappa shape index (κ3) is 4.30. The molecule has 1 amide bonds. The number of carbonyl (C=O) groups excluding carboxylic acids is 2. The average Bonchev–Trinajstić information content (AvgIpc) is 3.26. The van der Waals surface area contributed by atoms with E-state index in [1.54, 1.807) is 24.3 Å². The van der Waals surface area contributed by atoms with E-state index < -0.39 is 5.97 Å². The van der Waals surface area contributed by atoms with Crippen molar-refractivity contribution in [2.45, 2.75) is 25.8 Å². The number of ketones is 1. The number of carboxylic acid groups (broad SMARTS) is 1. The van der Waals surface area contributed by atoms with Crippen LogP contribution in [-0.2, 0) is 9.59 Å². The minimum Gasteiger partial charge on any atom is -0.484 e. The zero-order valence-electron chi connectivity index (χ0n) is 11.7. The van der Waals surface area contributed by atoms with Gasteiger partial charge in [-0.3, -0.25) is 14.4 Å². The molecule has 21 heavy (non-hydrogen) atoms. The molecule has 0 saturated heterocycles. The van der Waals surface area contributed by atoms with E-state index in [-0.39, 0.29) is 30.9 Å². The van der Waals surface area contributed by atoms with Gasteiger partial charge in [-0.25, -0.2) is 0 Å². The fourth-order valence-corrected chi connectivity index (χ4v) is 1.99. The van der Waals surface area contributed by atoms with Crippen molar-refractivity contribution in [2.24, 2.45) is 0 Å². The standard InChI is InChI=1S/C15H17NO5/c1-10(17)11-3-2-4-13(7-11)21-9-14(18)16(8-15(19)20)12-5-6-12/h2-4,7,12H,5-6,8-9H2,1H3,(H,19,20). The molecule has 1 aliphatic rings. The third-order valence-electron chi connectivity index (χ3n) is 3.22. The van der Waals surface area contributed by atoms with E-state index in [0.29, 0.717) is 11.3 Å². The number of hydrogen-bond donors (Lipinski definition) is 1. The normalized spacial score (nSPS) is 13.6. The second-order valence-electron chi connectivity index (χ2n) is 5.02. The summed E-state index contributed by atoms with van der Waals surface area (Å²) in [6.45, 7) is 0.914. The van der Waals surface area contributed by atoms with Gasteiger partial charge in [-0.2, -0.15) is 0 Å². The number of Topliss-reactive ketones (excluding diaryl/α,β-unsaturated/α-hetero) is 1. The molecule has 6 nitrogen and oxygen atoms in total. The van der Waals surface area contributed by atoms with Crippen molar-refractivity contribution in [3.63, 3.8) is 0 Å². The van der Waals surface area contributed by atoms with Gasteiger partial charge >= 0.3 is 5.97 Å². The van der Waals surface area contributed by atoms with Crippen molar-refractivity contribution >= 4 is 17.7 Å². The van der Waals surface area contributed by atoms with Crippen LogP contribution in [0, 0.1) is 0 Å². The molecule has 1 saturated carbocycles. The largest absolute Gasteiger partial charge is 0.484 e. The number of hydrogen-bond acceptors (Lipinski definition) is 4. The van der Waals surface area contributed by atoms with Crippen molar-refractivity contribution < 1.29 is 24.2 Å². The minimum atomic E-state index is -1.03. The van der Waals surface area contributed by atoms with Crippen molar-refractivity contribution in [3.05, 3.63) is 29.8 Å². The van der Waals surface area contributed by atoms with Crippen LogP contribution in [0.15, 0.2) is 24.3 Å². The monoisotopic (exact) mass is 291 g/mol. The first-order valence-electron chi connectivity index (χ1n) is 6.72. The van der Waals surface area contributed by atoms with Crippen molar-refractivity contribution in [2.75, 3.05) is 13.2 Å². The molecule has 1 N–H and O–H groups in total. The summed E-state index contributed by atoms with van der Waals surface area (Å²) in [4.78, 5) is 35.4. The maximum atomic E-state index is 12.0. The predicted molar refractivity (Wildman–Crippen MR) is 74.3 cm³/mol. The molecule has 0 atom stereocenters. The van der Waals surface area contributed by atoms with Gasteiger partial charge in [-0.05, 0) is 31.9 Å². The van der Waals surface area contributed by atoms with E-state index in [1.165, 1.54) is 11.8 Å². The molecule has 0 aromatic heterocycles. The van der Waals surface area contributed by atoms with E-state index in [1.807, 2.05) is 0 Å². The lowest BCUT2D eigenvalue weighted by Gasteiger charge is -2.20. The average molecular weight is 291 g/mol. The summed E-state index contributed by atoms with van der Waals surface area (Å²) in [5.41, 5.74) is 0.504. The quantitative estimate of drug-likeness (QED) is 0.766. The molecule has 0 radical (unpaired) electrons. The van der Waals surface area contributed by atoms with E-state index in [9.17, 15) is 14.4 Å². The zero-order valence-corrected chi connectivity index (χ0v) is 11.7.